The van der Waals surface area contributed by atoms with Gasteiger partial charge in [0.2, 0.25) is 0 Å². The van der Waals surface area contributed by atoms with Gasteiger partial charge in [0.25, 0.3) is 0 Å². The maximum absolute atomic E-state index is 6.12. The van der Waals surface area contributed by atoms with Crippen LogP contribution in [0.15, 0.2) is 174 Å². The highest BCUT2D eigenvalue weighted by atomic mass is 16.3. The summed E-state index contributed by atoms with van der Waals surface area (Å²) < 4.78 is 6.12. The van der Waals surface area contributed by atoms with Gasteiger partial charge in [0, 0.05) is 27.5 Å². The molecule has 0 N–H and O–H groups in total. The first-order valence-electron chi connectivity index (χ1n) is 16.6. The summed E-state index contributed by atoms with van der Waals surface area (Å²) in [6, 6.07) is 59.8. The van der Waals surface area contributed by atoms with Crippen LogP contribution in [0.3, 0.4) is 0 Å². The second kappa shape index (κ2) is 11.0. The molecule has 0 aliphatic heterocycles. The van der Waals surface area contributed by atoms with Crippen LogP contribution in [0.4, 0.5) is 0 Å². The first-order valence-corrected chi connectivity index (χ1v) is 16.6. The average molecular weight is 625 g/mol. The lowest BCUT2D eigenvalue weighted by Gasteiger charge is -2.15. The van der Waals surface area contributed by atoms with Crippen molar-refractivity contribution < 1.29 is 4.42 Å². The molecule has 2 heterocycles. The van der Waals surface area contributed by atoms with Crippen LogP contribution in [0.1, 0.15) is 0 Å². The number of aromatic nitrogens is 2. The van der Waals surface area contributed by atoms with Crippen molar-refractivity contribution in [1.29, 1.82) is 0 Å². The minimum absolute atomic E-state index is 0.696. The molecule has 3 heteroatoms. The molecule has 49 heavy (non-hydrogen) atoms. The lowest BCUT2D eigenvalue weighted by molar-refractivity contribution is 0.669. The average Bonchev–Trinajstić information content (AvgIpc) is 3.55. The largest absolute Gasteiger partial charge is 0.456 e. The van der Waals surface area contributed by atoms with Crippen molar-refractivity contribution in [3.8, 4) is 45.0 Å². The highest BCUT2D eigenvalue weighted by Crippen LogP contribution is 2.40. The van der Waals surface area contributed by atoms with Gasteiger partial charge >= 0.3 is 0 Å². The fraction of sp³-hybridized carbons (Fsp3) is 0. The van der Waals surface area contributed by atoms with Crippen LogP contribution in [0.25, 0.3) is 99.3 Å². The molecule has 10 aromatic rings. The Bertz CT molecular complexity index is 2870. The molecular weight excluding hydrogens is 597 g/mol. The van der Waals surface area contributed by atoms with Gasteiger partial charge < -0.3 is 4.42 Å². The molecule has 10 rings (SSSR count). The zero-order chi connectivity index (χ0) is 32.3. The zero-order valence-electron chi connectivity index (χ0n) is 26.5. The molecule has 0 aliphatic carbocycles. The van der Waals surface area contributed by atoms with E-state index in [1.54, 1.807) is 0 Å². The molecule has 0 fully saturated rings. The molecule has 0 saturated carbocycles. The number of hydrogen-bond acceptors (Lipinski definition) is 3. The molecule has 0 aliphatic rings. The van der Waals surface area contributed by atoms with E-state index in [1.165, 1.54) is 43.4 Å². The van der Waals surface area contributed by atoms with Gasteiger partial charge in [0.05, 0.1) is 11.4 Å². The summed E-state index contributed by atoms with van der Waals surface area (Å²) in [4.78, 5) is 10.2. The fourth-order valence-electron chi connectivity index (χ4n) is 7.28. The van der Waals surface area contributed by atoms with E-state index in [0.717, 1.165) is 50.0 Å². The van der Waals surface area contributed by atoms with Crippen LogP contribution >= 0.6 is 0 Å². The molecule has 8 aromatic carbocycles. The number of rotatable bonds is 4. The number of para-hydroxylation sites is 1. The van der Waals surface area contributed by atoms with E-state index in [-0.39, 0.29) is 0 Å². The van der Waals surface area contributed by atoms with Gasteiger partial charge in [0.15, 0.2) is 5.82 Å². The number of furan rings is 1. The summed E-state index contributed by atoms with van der Waals surface area (Å²) in [5.74, 6) is 0.696. The Labute approximate surface area is 282 Å². The molecule has 0 saturated heterocycles. The van der Waals surface area contributed by atoms with Crippen molar-refractivity contribution >= 4 is 54.3 Å². The van der Waals surface area contributed by atoms with E-state index in [1.807, 2.05) is 42.5 Å². The lowest BCUT2D eigenvalue weighted by Crippen LogP contribution is -1.96. The highest BCUT2D eigenvalue weighted by molar-refractivity contribution is 6.20. The van der Waals surface area contributed by atoms with Crippen LogP contribution in [-0.2, 0) is 0 Å². The molecule has 2 aromatic heterocycles. The predicted molar refractivity (Wildman–Crippen MR) is 204 cm³/mol. The van der Waals surface area contributed by atoms with E-state index >= 15 is 0 Å². The van der Waals surface area contributed by atoms with Crippen molar-refractivity contribution in [3.63, 3.8) is 0 Å². The minimum atomic E-state index is 0.696. The van der Waals surface area contributed by atoms with E-state index < -0.39 is 0 Å². The third-order valence-corrected chi connectivity index (χ3v) is 9.67. The highest BCUT2D eigenvalue weighted by Gasteiger charge is 2.15. The Balaban J connectivity index is 1.14. The Morgan fingerprint density at radius 1 is 0.327 bits per heavy atom. The molecule has 0 atom stereocenters. The summed E-state index contributed by atoms with van der Waals surface area (Å²) in [7, 11) is 0. The van der Waals surface area contributed by atoms with Gasteiger partial charge in [0.1, 0.15) is 11.2 Å². The van der Waals surface area contributed by atoms with E-state index in [4.69, 9.17) is 14.4 Å². The Morgan fingerprint density at radius 2 is 0.959 bits per heavy atom. The molecule has 0 spiro atoms. The standard InChI is InChI=1S/C46H28N2O/c1-2-11-32(12-3-1)46-47-41(28-42(48-46)34-23-25-44-40(27-34)37-16-8-9-17-43(37)49-44)30-18-20-31(21-19-30)45-36-15-7-5-13-33(36)26-39-35-14-6-4-10-29(35)22-24-38(39)45/h1-28H. The Kier molecular flexibility index (Phi) is 6.18. The van der Waals surface area contributed by atoms with Gasteiger partial charge in [-0.15, -0.1) is 0 Å². The molecule has 0 radical (unpaired) electrons. The summed E-state index contributed by atoms with van der Waals surface area (Å²) in [6.45, 7) is 0. The van der Waals surface area contributed by atoms with Crippen molar-refractivity contribution in [2.75, 3.05) is 0 Å². The third kappa shape index (κ3) is 4.59. The Hall–Kier alpha value is -6.58. The van der Waals surface area contributed by atoms with Crippen LogP contribution in [-0.4, -0.2) is 9.97 Å². The number of fused-ring (bicyclic) bond motifs is 7. The van der Waals surface area contributed by atoms with E-state index in [2.05, 4.69) is 127 Å². The number of hydrogen-bond donors (Lipinski definition) is 0. The maximum atomic E-state index is 6.12. The topological polar surface area (TPSA) is 38.9 Å². The van der Waals surface area contributed by atoms with Gasteiger partial charge in [-0.25, -0.2) is 9.97 Å². The van der Waals surface area contributed by atoms with Crippen molar-refractivity contribution in [2.45, 2.75) is 0 Å². The summed E-state index contributed by atoms with van der Waals surface area (Å²) in [5.41, 5.74) is 8.96. The van der Waals surface area contributed by atoms with Crippen LogP contribution in [0.2, 0.25) is 0 Å². The molecule has 228 valence electrons. The normalized spacial score (nSPS) is 11.7. The summed E-state index contributed by atoms with van der Waals surface area (Å²) >= 11 is 0. The van der Waals surface area contributed by atoms with Gasteiger partial charge in [-0.05, 0) is 79.8 Å². The summed E-state index contributed by atoms with van der Waals surface area (Å²) in [6.07, 6.45) is 0. The molecular formula is C46H28N2O. The zero-order valence-corrected chi connectivity index (χ0v) is 26.5. The SMILES string of the molecule is c1ccc(-c2nc(-c3ccc(-c4c5ccccc5cc5c4ccc4ccccc45)cc3)cc(-c3ccc4oc5ccccc5c4c3)n2)cc1. The second-order valence-corrected chi connectivity index (χ2v) is 12.6. The lowest BCUT2D eigenvalue weighted by atomic mass is 9.89. The van der Waals surface area contributed by atoms with Crippen LogP contribution < -0.4 is 0 Å². The van der Waals surface area contributed by atoms with Gasteiger partial charge in [-0.2, -0.15) is 0 Å². The number of nitrogens with zero attached hydrogens (tertiary/aromatic N) is 2. The molecule has 0 amide bonds. The summed E-state index contributed by atoms with van der Waals surface area (Å²) in [5, 5.41) is 9.70. The van der Waals surface area contributed by atoms with Crippen molar-refractivity contribution in [3.05, 3.63) is 170 Å². The van der Waals surface area contributed by atoms with Gasteiger partial charge in [-0.1, -0.05) is 133 Å². The predicted octanol–water partition coefficient (Wildman–Crippen LogP) is 12.5. The van der Waals surface area contributed by atoms with E-state index in [0.29, 0.717) is 5.82 Å². The number of benzene rings is 8. The van der Waals surface area contributed by atoms with Crippen LogP contribution in [0.5, 0.6) is 0 Å². The first kappa shape index (κ1) is 27.5. The maximum Gasteiger partial charge on any atom is 0.160 e. The van der Waals surface area contributed by atoms with Crippen molar-refractivity contribution in [1.82, 2.24) is 9.97 Å². The first-order chi connectivity index (χ1) is 24.3. The second-order valence-electron chi connectivity index (χ2n) is 12.6. The quantitative estimate of drug-likeness (QED) is 0.144. The van der Waals surface area contributed by atoms with Crippen molar-refractivity contribution in [2.24, 2.45) is 0 Å². The monoisotopic (exact) mass is 624 g/mol. The molecule has 0 bridgehead atoms. The third-order valence-electron chi connectivity index (χ3n) is 9.67. The van der Waals surface area contributed by atoms with Crippen LogP contribution in [0, 0.1) is 0 Å². The molecule has 3 nitrogen and oxygen atoms in total. The Morgan fingerprint density at radius 3 is 1.80 bits per heavy atom. The fourth-order valence-corrected chi connectivity index (χ4v) is 7.28. The molecule has 0 unspecified atom stereocenters. The van der Waals surface area contributed by atoms with E-state index in [9.17, 15) is 0 Å². The van der Waals surface area contributed by atoms with Gasteiger partial charge in [-0.3, -0.25) is 0 Å². The minimum Gasteiger partial charge on any atom is -0.456 e. The smallest absolute Gasteiger partial charge is 0.160 e.